The smallest absolute Gasteiger partial charge is 0.417 e. The zero-order valence-electron chi connectivity index (χ0n) is 15.6. The summed E-state index contributed by atoms with van der Waals surface area (Å²) in [6.07, 6.45) is 2.82. The van der Waals surface area contributed by atoms with Crippen molar-refractivity contribution in [2.45, 2.75) is 50.5 Å². The fourth-order valence-corrected chi connectivity index (χ4v) is 2.79. The summed E-state index contributed by atoms with van der Waals surface area (Å²) in [5, 5.41) is 12.2. The molecule has 2 rings (SSSR count). The SMILES string of the molecule is C#C[C@H]1CC[C@H](C#N)N1C(=O)CNC(C)(C)COc1ccc(C(F)(F)F)cn1. The summed E-state index contributed by atoms with van der Waals surface area (Å²) in [6.45, 7) is 3.57. The molecule has 1 fully saturated rings. The lowest BCUT2D eigenvalue weighted by atomic mass is 10.1. The van der Waals surface area contributed by atoms with Gasteiger partial charge in [0, 0.05) is 17.8 Å². The van der Waals surface area contributed by atoms with Crippen molar-refractivity contribution in [3.63, 3.8) is 0 Å². The molecular weight excluding hydrogens is 373 g/mol. The number of nitrogens with one attached hydrogen (secondary N) is 1. The molecule has 1 amide bonds. The maximum Gasteiger partial charge on any atom is 0.417 e. The molecule has 0 bridgehead atoms. The summed E-state index contributed by atoms with van der Waals surface area (Å²) in [5.41, 5.74) is -1.53. The van der Waals surface area contributed by atoms with Crippen molar-refractivity contribution in [1.29, 1.82) is 5.26 Å². The number of pyridine rings is 1. The van der Waals surface area contributed by atoms with E-state index in [-0.39, 0.29) is 24.9 Å². The van der Waals surface area contributed by atoms with E-state index in [1.54, 1.807) is 13.8 Å². The number of hydrogen-bond donors (Lipinski definition) is 1. The van der Waals surface area contributed by atoms with Gasteiger partial charge in [0.2, 0.25) is 11.8 Å². The number of likely N-dealkylation sites (tertiary alicyclic amines) is 1. The number of nitriles is 1. The number of carbonyl (C=O) groups is 1. The number of nitrogens with zero attached hydrogens (tertiary/aromatic N) is 3. The summed E-state index contributed by atoms with van der Waals surface area (Å²) >= 11 is 0. The van der Waals surface area contributed by atoms with E-state index in [0.717, 1.165) is 12.1 Å². The first-order chi connectivity index (χ1) is 13.1. The van der Waals surface area contributed by atoms with Crippen molar-refractivity contribution in [2.75, 3.05) is 13.2 Å². The molecule has 1 aliphatic heterocycles. The average molecular weight is 394 g/mol. The van der Waals surface area contributed by atoms with Crippen LogP contribution < -0.4 is 10.1 Å². The van der Waals surface area contributed by atoms with Crippen molar-refractivity contribution < 1.29 is 22.7 Å². The Labute approximate surface area is 161 Å². The number of hydrogen-bond acceptors (Lipinski definition) is 5. The number of ether oxygens (including phenoxy) is 1. The summed E-state index contributed by atoms with van der Waals surface area (Å²) < 4.78 is 43.1. The molecule has 1 aliphatic rings. The number of aromatic nitrogens is 1. The first-order valence-electron chi connectivity index (χ1n) is 8.65. The predicted molar refractivity (Wildman–Crippen MR) is 94.9 cm³/mol. The van der Waals surface area contributed by atoms with E-state index in [1.165, 1.54) is 4.90 Å². The topological polar surface area (TPSA) is 78.2 Å². The molecule has 0 saturated carbocycles. The Hall–Kier alpha value is -2.78. The second kappa shape index (κ2) is 8.49. The van der Waals surface area contributed by atoms with Crippen LogP contribution >= 0.6 is 0 Å². The lowest BCUT2D eigenvalue weighted by Gasteiger charge is -2.29. The van der Waals surface area contributed by atoms with Gasteiger partial charge in [-0.15, -0.1) is 6.42 Å². The van der Waals surface area contributed by atoms with Gasteiger partial charge in [-0.3, -0.25) is 4.79 Å². The van der Waals surface area contributed by atoms with Gasteiger partial charge in [0.15, 0.2) is 0 Å². The number of halogens is 3. The second-order valence-corrected chi connectivity index (χ2v) is 7.11. The second-order valence-electron chi connectivity index (χ2n) is 7.11. The minimum absolute atomic E-state index is 0.0469. The van der Waals surface area contributed by atoms with E-state index in [4.69, 9.17) is 11.2 Å². The molecule has 0 aliphatic carbocycles. The highest BCUT2D eigenvalue weighted by molar-refractivity contribution is 5.80. The monoisotopic (exact) mass is 394 g/mol. The zero-order chi connectivity index (χ0) is 20.9. The van der Waals surface area contributed by atoms with Gasteiger partial charge in [-0.2, -0.15) is 18.4 Å². The van der Waals surface area contributed by atoms with Crippen LogP contribution in [0.4, 0.5) is 13.2 Å². The van der Waals surface area contributed by atoms with Gasteiger partial charge in [-0.05, 0) is 32.8 Å². The molecule has 2 atom stereocenters. The van der Waals surface area contributed by atoms with E-state index in [0.29, 0.717) is 19.0 Å². The summed E-state index contributed by atoms with van der Waals surface area (Å²) in [6, 6.07) is 3.19. The standard InChI is InChI=1S/C19H21F3N4O2/c1-4-14-6-7-15(9-23)26(14)17(27)11-25-18(2,3)12-28-16-8-5-13(10-24-16)19(20,21)22/h1,5,8,10,14-15,25H,6-7,11-12H2,2-3H3/t14-,15+/m0/s1. The van der Waals surface area contributed by atoms with Crippen molar-refractivity contribution >= 4 is 5.91 Å². The lowest BCUT2D eigenvalue weighted by Crippen LogP contribution is -2.51. The molecule has 1 aromatic heterocycles. The van der Waals surface area contributed by atoms with Gasteiger partial charge in [0.1, 0.15) is 12.6 Å². The van der Waals surface area contributed by atoms with Crippen LogP contribution in [0.25, 0.3) is 0 Å². The Kier molecular flexibility index (Phi) is 6.52. The van der Waals surface area contributed by atoms with Gasteiger partial charge in [-0.1, -0.05) is 5.92 Å². The van der Waals surface area contributed by atoms with E-state index in [1.807, 2.05) is 0 Å². The quantitative estimate of drug-likeness (QED) is 0.750. The van der Waals surface area contributed by atoms with E-state index < -0.39 is 29.4 Å². The van der Waals surface area contributed by atoms with E-state index >= 15 is 0 Å². The Bertz CT molecular complexity index is 756. The van der Waals surface area contributed by atoms with Crippen LogP contribution in [0, 0.1) is 23.7 Å². The number of terminal acetylenes is 1. The Morgan fingerprint density at radius 2 is 2.07 bits per heavy atom. The molecule has 9 heteroatoms. The van der Waals surface area contributed by atoms with Gasteiger partial charge in [-0.25, -0.2) is 4.98 Å². The van der Waals surface area contributed by atoms with Crippen LogP contribution in [0.2, 0.25) is 0 Å². The van der Waals surface area contributed by atoms with Gasteiger partial charge in [0.25, 0.3) is 0 Å². The predicted octanol–water partition coefficient (Wildman–Crippen LogP) is 2.36. The van der Waals surface area contributed by atoms with E-state index in [2.05, 4.69) is 22.3 Å². The largest absolute Gasteiger partial charge is 0.476 e. The highest BCUT2D eigenvalue weighted by atomic mass is 19.4. The molecular formula is C19H21F3N4O2. The third-order valence-electron chi connectivity index (χ3n) is 4.38. The number of rotatable bonds is 6. The summed E-state index contributed by atoms with van der Waals surface area (Å²) in [7, 11) is 0. The first-order valence-corrected chi connectivity index (χ1v) is 8.65. The molecule has 0 unspecified atom stereocenters. The summed E-state index contributed by atoms with van der Waals surface area (Å²) in [4.78, 5) is 17.6. The molecule has 6 nitrogen and oxygen atoms in total. The molecule has 1 saturated heterocycles. The molecule has 1 aromatic rings. The molecule has 1 N–H and O–H groups in total. The average Bonchev–Trinajstić information content (AvgIpc) is 3.07. The normalized spacial score (nSPS) is 19.8. The van der Waals surface area contributed by atoms with Crippen molar-refractivity contribution in [2.24, 2.45) is 0 Å². The third-order valence-corrected chi connectivity index (χ3v) is 4.38. The van der Waals surface area contributed by atoms with Gasteiger partial charge in [0.05, 0.1) is 24.2 Å². The van der Waals surface area contributed by atoms with Crippen molar-refractivity contribution in [3.8, 4) is 24.3 Å². The van der Waals surface area contributed by atoms with Crippen LogP contribution in [-0.4, -0.2) is 46.6 Å². The molecule has 0 aromatic carbocycles. The highest BCUT2D eigenvalue weighted by Crippen LogP contribution is 2.29. The van der Waals surface area contributed by atoms with Crippen LogP contribution in [0.1, 0.15) is 32.3 Å². The highest BCUT2D eigenvalue weighted by Gasteiger charge is 2.36. The van der Waals surface area contributed by atoms with Gasteiger partial charge < -0.3 is 15.0 Å². The van der Waals surface area contributed by atoms with Crippen LogP contribution in [-0.2, 0) is 11.0 Å². The molecule has 150 valence electrons. The zero-order valence-corrected chi connectivity index (χ0v) is 15.6. The fourth-order valence-electron chi connectivity index (χ4n) is 2.79. The third kappa shape index (κ3) is 5.37. The van der Waals surface area contributed by atoms with Crippen LogP contribution in [0.5, 0.6) is 5.88 Å². The van der Waals surface area contributed by atoms with Gasteiger partial charge >= 0.3 is 6.18 Å². The fraction of sp³-hybridized carbons (Fsp3) is 0.526. The number of carbonyl (C=O) groups excluding carboxylic acids is 1. The Morgan fingerprint density at radius 1 is 1.39 bits per heavy atom. The maximum absolute atomic E-state index is 12.5. The minimum Gasteiger partial charge on any atom is -0.476 e. The molecule has 0 radical (unpaired) electrons. The van der Waals surface area contributed by atoms with Crippen molar-refractivity contribution in [1.82, 2.24) is 15.2 Å². The number of alkyl halides is 3. The van der Waals surface area contributed by atoms with Crippen LogP contribution in [0.15, 0.2) is 18.3 Å². The van der Waals surface area contributed by atoms with Crippen molar-refractivity contribution in [3.05, 3.63) is 23.9 Å². The first kappa shape index (κ1) is 21.5. The molecule has 0 spiro atoms. The minimum atomic E-state index is -4.46. The lowest BCUT2D eigenvalue weighted by molar-refractivity contribution is -0.137. The van der Waals surface area contributed by atoms with Crippen LogP contribution in [0.3, 0.4) is 0 Å². The Morgan fingerprint density at radius 3 is 2.61 bits per heavy atom. The van der Waals surface area contributed by atoms with E-state index in [9.17, 15) is 23.2 Å². The maximum atomic E-state index is 12.5. The molecule has 28 heavy (non-hydrogen) atoms. The summed E-state index contributed by atoms with van der Waals surface area (Å²) in [5.74, 6) is 2.29. The molecule has 2 heterocycles. The number of amides is 1. The Balaban J connectivity index is 1.89.